The van der Waals surface area contributed by atoms with Gasteiger partial charge >= 0.3 is 0 Å². The molecular formula is C12H16O. The maximum Gasteiger partial charge on any atom is 0.0543 e. The molecule has 1 N–H and O–H groups in total. The Hall–Kier alpha value is -0.820. The standard InChI is InChI=1S/C12H16O/c1-9(13)11-7-6-10-4-2-3-5-12(10)8-11/h2-5,9,11,13H,6-8H2,1H3/t9-,11-/m0/s1. The van der Waals surface area contributed by atoms with E-state index in [1.165, 1.54) is 11.1 Å². The first-order valence-electron chi connectivity index (χ1n) is 5.02. The van der Waals surface area contributed by atoms with Crippen LogP contribution in [0.3, 0.4) is 0 Å². The van der Waals surface area contributed by atoms with Crippen molar-refractivity contribution in [3.63, 3.8) is 0 Å². The van der Waals surface area contributed by atoms with E-state index in [4.69, 9.17) is 0 Å². The van der Waals surface area contributed by atoms with Gasteiger partial charge in [-0.3, -0.25) is 0 Å². The van der Waals surface area contributed by atoms with Gasteiger partial charge in [-0.25, -0.2) is 0 Å². The van der Waals surface area contributed by atoms with E-state index in [2.05, 4.69) is 24.3 Å². The smallest absolute Gasteiger partial charge is 0.0543 e. The molecule has 2 rings (SSSR count). The maximum atomic E-state index is 9.50. The van der Waals surface area contributed by atoms with Crippen LogP contribution in [0.2, 0.25) is 0 Å². The average Bonchev–Trinajstić information content (AvgIpc) is 2.17. The van der Waals surface area contributed by atoms with E-state index in [1.807, 2.05) is 6.92 Å². The lowest BCUT2D eigenvalue weighted by atomic mass is 9.81. The summed E-state index contributed by atoms with van der Waals surface area (Å²) in [5.41, 5.74) is 2.90. The van der Waals surface area contributed by atoms with Crippen molar-refractivity contribution in [2.45, 2.75) is 32.3 Å². The summed E-state index contributed by atoms with van der Waals surface area (Å²) < 4.78 is 0. The molecule has 1 aromatic carbocycles. The fraction of sp³-hybridized carbons (Fsp3) is 0.500. The Morgan fingerprint density at radius 3 is 2.69 bits per heavy atom. The number of aliphatic hydroxyl groups excluding tert-OH is 1. The van der Waals surface area contributed by atoms with Gasteiger partial charge in [-0.15, -0.1) is 0 Å². The van der Waals surface area contributed by atoms with Gasteiger partial charge in [0, 0.05) is 0 Å². The third-order valence-electron chi connectivity index (χ3n) is 3.07. The molecule has 0 radical (unpaired) electrons. The quantitative estimate of drug-likeness (QED) is 0.695. The molecule has 0 bridgehead atoms. The van der Waals surface area contributed by atoms with Gasteiger partial charge < -0.3 is 5.11 Å². The van der Waals surface area contributed by atoms with Gasteiger partial charge in [-0.05, 0) is 43.2 Å². The fourth-order valence-electron chi connectivity index (χ4n) is 2.14. The molecule has 1 heteroatoms. The number of hydrogen-bond acceptors (Lipinski definition) is 1. The Bertz CT molecular complexity index is 291. The molecule has 0 amide bonds. The summed E-state index contributed by atoms with van der Waals surface area (Å²) in [4.78, 5) is 0. The molecule has 1 aliphatic rings. The molecule has 1 nitrogen and oxygen atoms in total. The van der Waals surface area contributed by atoms with Gasteiger partial charge in [-0.2, -0.15) is 0 Å². The summed E-state index contributed by atoms with van der Waals surface area (Å²) >= 11 is 0. The highest BCUT2D eigenvalue weighted by molar-refractivity contribution is 5.29. The van der Waals surface area contributed by atoms with Crippen LogP contribution in [0.1, 0.15) is 24.5 Å². The van der Waals surface area contributed by atoms with Crippen molar-refractivity contribution in [2.75, 3.05) is 0 Å². The largest absolute Gasteiger partial charge is 0.393 e. The van der Waals surface area contributed by atoms with Crippen LogP contribution >= 0.6 is 0 Å². The molecule has 0 fully saturated rings. The van der Waals surface area contributed by atoms with Gasteiger partial charge in [0.1, 0.15) is 0 Å². The molecule has 0 aromatic heterocycles. The summed E-state index contributed by atoms with van der Waals surface area (Å²) in [6.45, 7) is 1.90. The minimum atomic E-state index is -0.159. The molecule has 0 unspecified atom stereocenters. The molecular weight excluding hydrogens is 160 g/mol. The minimum absolute atomic E-state index is 0.159. The summed E-state index contributed by atoms with van der Waals surface area (Å²) in [6.07, 6.45) is 3.15. The lowest BCUT2D eigenvalue weighted by molar-refractivity contribution is 0.117. The van der Waals surface area contributed by atoms with Crippen molar-refractivity contribution >= 4 is 0 Å². The van der Waals surface area contributed by atoms with E-state index < -0.39 is 0 Å². The van der Waals surface area contributed by atoms with Gasteiger partial charge in [-0.1, -0.05) is 24.3 Å². The van der Waals surface area contributed by atoms with Gasteiger partial charge in [0.25, 0.3) is 0 Å². The Morgan fingerprint density at radius 1 is 1.31 bits per heavy atom. The first-order chi connectivity index (χ1) is 6.27. The predicted octanol–water partition coefficient (Wildman–Crippen LogP) is 2.17. The molecule has 0 saturated carbocycles. The Kier molecular flexibility index (Phi) is 2.36. The van der Waals surface area contributed by atoms with Crippen LogP contribution in [0.25, 0.3) is 0 Å². The number of fused-ring (bicyclic) bond motifs is 1. The predicted molar refractivity (Wildman–Crippen MR) is 53.6 cm³/mol. The second-order valence-corrected chi connectivity index (χ2v) is 4.01. The molecule has 1 aliphatic carbocycles. The van der Waals surface area contributed by atoms with Crippen LogP contribution in [0.5, 0.6) is 0 Å². The Balaban J connectivity index is 2.20. The molecule has 2 atom stereocenters. The highest BCUT2D eigenvalue weighted by Gasteiger charge is 2.21. The van der Waals surface area contributed by atoms with Gasteiger partial charge in [0.2, 0.25) is 0 Å². The molecule has 13 heavy (non-hydrogen) atoms. The van der Waals surface area contributed by atoms with E-state index >= 15 is 0 Å². The van der Waals surface area contributed by atoms with E-state index in [0.29, 0.717) is 5.92 Å². The first-order valence-corrected chi connectivity index (χ1v) is 5.02. The molecule has 0 spiro atoms. The van der Waals surface area contributed by atoms with E-state index in [0.717, 1.165) is 19.3 Å². The van der Waals surface area contributed by atoms with E-state index in [-0.39, 0.29) is 6.10 Å². The van der Waals surface area contributed by atoms with Gasteiger partial charge in [0.15, 0.2) is 0 Å². The number of aryl methyl sites for hydroxylation is 1. The third kappa shape index (κ3) is 1.75. The minimum Gasteiger partial charge on any atom is -0.393 e. The molecule has 0 heterocycles. The second-order valence-electron chi connectivity index (χ2n) is 4.01. The summed E-state index contributed by atoms with van der Waals surface area (Å²) in [6, 6.07) is 8.57. The molecule has 70 valence electrons. The van der Waals surface area contributed by atoms with Crippen LogP contribution in [-0.2, 0) is 12.8 Å². The monoisotopic (exact) mass is 176 g/mol. The fourth-order valence-corrected chi connectivity index (χ4v) is 2.14. The zero-order valence-corrected chi connectivity index (χ0v) is 8.03. The van der Waals surface area contributed by atoms with Gasteiger partial charge in [0.05, 0.1) is 6.10 Å². The maximum absolute atomic E-state index is 9.50. The lowest BCUT2D eigenvalue weighted by Gasteiger charge is -2.26. The van der Waals surface area contributed by atoms with Crippen LogP contribution in [-0.4, -0.2) is 11.2 Å². The van der Waals surface area contributed by atoms with Crippen molar-refractivity contribution in [3.8, 4) is 0 Å². The number of aliphatic hydroxyl groups is 1. The van der Waals surface area contributed by atoms with Crippen LogP contribution in [0, 0.1) is 5.92 Å². The molecule has 0 saturated heterocycles. The zero-order valence-electron chi connectivity index (χ0n) is 8.03. The van der Waals surface area contributed by atoms with E-state index in [9.17, 15) is 5.11 Å². The number of rotatable bonds is 1. The highest BCUT2D eigenvalue weighted by atomic mass is 16.3. The normalized spacial score (nSPS) is 23.7. The van der Waals surface area contributed by atoms with Crippen molar-refractivity contribution in [1.82, 2.24) is 0 Å². The third-order valence-corrected chi connectivity index (χ3v) is 3.07. The Labute approximate surface area is 79.4 Å². The second kappa shape index (κ2) is 3.51. The molecule has 0 aliphatic heterocycles. The summed E-state index contributed by atoms with van der Waals surface area (Å²) in [5, 5.41) is 9.50. The van der Waals surface area contributed by atoms with Crippen molar-refractivity contribution in [1.29, 1.82) is 0 Å². The number of benzene rings is 1. The van der Waals surface area contributed by atoms with Crippen LogP contribution in [0.4, 0.5) is 0 Å². The summed E-state index contributed by atoms with van der Waals surface area (Å²) in [7, 11) is 0. The topological polar surface area (TPSA) is 20.2 Å². The zero-order chi connectivity index (χ0) is 9.26. The molecule has 1 aromatic rings. The van der Waals surface area contributed by atoms with Crippen molar-refractivity contribution in [2.24, 2.45) is 5.92 Å². The SMILES string of the molecule is C[C@H](O)[C@H]1CCc2ccccc2C1. The van der Waals surface area contributed by atoms with Crippen molar-refractivity contribution < 1.29 is 5.11 Å². The highest BCUT2D eigenvalue weighted by Crippen LogP contribution is 2.27. The average molecular weight is 176 g/mol. The van der Waals surface area contributed by atoms with Crippen LogP contribution in [0.15, 0.2) is 24.3 Å². The number of hydrogen-bond donors (Lipinski definition) is 1. The lowest BCUT2D eigenvalue weighted by Crippen LogP contribution is -2.24. The first kappa shape index (κ1) is 8.76. The van der Waals surface area contributed by atoms with Crippen LogP contribution < -0.4 is 0 Å². The van der Waals surface area contributed by atoms with Crippen molar-refractivity contribution in [3.05, 3.63) is 35.4 Å². The summed E-state index contributed by atoms with van der Waals surface area (Å²) in [5.74, 6) is 0.468. The van der Waals surface area contributed by atoms with E-state index in [1.54, 1.807) is 0 Å². The Morgan fingerprint density at radius 2 is 2.00 bits per heavy atom.